The van der Waals surface area contributed by atoms with Crippen molar-refractivity contribution in [1.82, 2.24) is 40.3 Å². The average Bonchev–Trinajstić information content (AvgIpc) is 3.44. The fourth-order valence-corrected chi connectivity index (χ4v) is 4.05. The fraction of sp³-hybridized carbons (Fsp3) is 0.280. The van der Waals surface area contributed by atoms with Crippen molar-refractivity contribution < 1.29 is 35.9 Å². The second-order valence-corrected chi connectivity index (χ2v) is 9.48. The second kappa shape index (κ2) is 10.8. The zero-order chi connectivity index (χ0) is 31.1. The van der Waals surface area contributed by atoms with Crippen LogP contribution in [0.25, 0.3) is 5.82 Å². The van der Waals surface area contributed by atoms with E-state index in [2.05, 4.69) is 36.1 Å². The zero-order valence-corrected chi connectivity index (χ0v) is 21.8. The number of aromatic nitrogens is 7. The maximum Gasteiger partial charge on any atom is 0.455 e. The number of nitriles is 1. The summed E-state index contributed by atoms with van der Waals surface area (Å²) >= 11 is 0. The number of rotatable bonds is 7. The van der Waals surface area contributed by atoms with Crippen LogP contribution in [-0.4, -0.2) is 52.8 Å². The summed E-state index contributed by atoms with van der Waals surface area (Å²) in [6.07, 6.45) is -7.28. The highest BCUT2D eigenvalue weighted by Gasteiger charge is 2.38. The molecule has 0 bridgehead atoms. The molecule has 1 aliphatic carbocycles. The van der Waals surface area contributed by atoms with Crippen LogP contribution in [0.3, 0.4) is 0 Å². The maximum absolute atomic E-state index is 13.9. The van der Waals surface area contributed by atoms with Gasteiger partial charge in [0.15, 0.2) is 5.82 Å². The molecule has 2 amide bonds. The number of nitrogens with one attached hydrogen (secondary N) is 2. The van der Waals surface area contributed by atoms with Crippen molar-refractivity contribution in [3.05, 3.63) is 76.0 Å². The molecular weight excluding hydrogens is 586 g/mol. The van der Waals surface area contributed by atoms with Crippen LogP contribution in [0, 0.1) is 18.3 Å². The van der Waals surface area contributed by atoms with Crippen LogP contribution >= 0.6 is 0 Å². The van der Waals surface area contributed by atoms with Crippen LogP contribution in [0.5, 0.6) is 0 Å². The Morgan fingerprint density at radius 2 is 1.81 bits per heavy atom. The van der Waals surface area contributed by atoms with Gasteiger partial charge in [-0.1, -0.05) is 0 Å². The molecule has 18 heteroatoms. The van der Waals surface area contributed by atoms with E-state index in [0.717, 1.165) is 31.2 Å². The Balaban J connectivity index is 1.57. The first-order valence-corrected chi connectivity index (χ1v) is 12.4. The summed E-state index contributed by atoms with van der Waals surface area (Å²) in [5, 5.41) is 28.0. The zero-order valence-electron chi connectivity index (χ0n) is 21.8. The van der Waals surface area contributed by atoms with Crippen molar-refractivity contribution in [3.8, 4) is 11.9 Å². The number of amides is 2. The molecule has 3 heterocycles. The number of carbonyl (C=O) groups excluding carboxylic acids is 2. The number of anilines is 1. The molecule has 0 radical (unpaired) electrons. The molecule has 0 saturated heterocycles. The van der Waals surface area contributed by atoms with Gasteiger partial charge < -0.3 is 10.6 Å². The molecule has 0 spiro atoms. The second-order valence-electron chi connectivity index (χ2n) is 9.48. The lowest BCUT2D eigenvalue weighted by Crippen LogP contribution is -2.28. The van der Waals surface area contributed by atoms with Gasteiger partial charge in [0.1, 0.15) is 17.8 Å². The monoisotopic (exact) mass is 604 g/mol. The van der Waals surface area contributed by atoms with E-state index in [1.807, 2.05) is 6.07 Å². The minimum atomic E-state index is -4.92. The number of hydrogen-bond donors (Lipinski definition) is 2. The first kappa shape index (κ1) is 29.2. The Bertz CT molecular complexity index is 1770. The molecule has 12 nitrogen and oxygen atoms in total. The molecule has 1 aromatic carbocycles. The van der Waals surface area contributed by atoms with Crippen LogP contribution in [0.2, 0.25) is 0 Å². The summed E-state index contributed by atoms with van der Waals surface area (Å²) in [6, 6.07) is 7.28. The highest BCUT2D eigenvalue weighted by molar-refractivity contribution is 6.09. The topological polar surface area (TPSA) is 156 Å². The van der Waals surface area contributed by atoms with E-state index < -0.39 is 53.6 Å². The smallest absolute Gasteiger partial charge is 0.349 e. The van der Waals surface area contributed by atoms with Gasteiger partial charge in [-0.2, -0.15) is 41.5 Å². The van der Waals surface area contributed by atoms with Crippen LogP contribution < -0.4 is 10.6 Å². The van der Waals surface area contributed by atoms with E-state index in [-0.39, 0.29) is 28.6 Å². The largest absolute Gasteiger partial charge is 0.455 e. The minimum absolute atomic E-state index is 0.0127. The third kappa shape index (κ3) is 6.29. The summed E-state index contributed by atoms with van der Waals surface area (Å²) in [7, 11) is 0. The van der Waals surface area contributed by atoms with Crippen LogP contribution in [-0.2, 0) is 18.9 Å². The maximum atomic E-state index is 13.9. The Kier molecular flexibility index (Phi) is 7.33. The molecule has 0 atom stereocenters. The molecular formula is C25H18F6N10O2. The molecule has 0 unspecified atom stereocenters. The predicted molar refractivity (Wildman–Crippen MR) is 133 cm³/mol. The third-order valence-corrected chi connectivity index (χ3v) is 6.16. The van der Waals surface area contributed by atoms with Gasteiger partial charge >= 0.3 is 12.4 Å². The number of tetrazole rings is 1. The molecule has 2 N–H and O–H groups in total. The van der Waals surface area contributed by atoms with Crippen molar-refractivity contribution in [3.63, 3.8) is 0 Å². The molecule has 0 aliphatic heterocycles. The summed E-state index contributed by atoms with van der Waals surface area (Å²) < 4.78 is 81.0. The molecule has 1 saturated carbocycles. The van der Waals surface area contributed by atoms with Crippen molar-refractivity contribution in [2.24, 2.45) is 0 Å². The van der Waals surface area contributed by atoms with Crippen LogP contribution in [0.1, 0.15) is 61.9 Å². The molecule has 4 aromatic rings. The Morgan fingerprint density at radius 3 is 2.44 bits per heavy atom. The highest BCUT2D eigenvalue weighted by atomic mass is 19.4. The average molecular weight is 604 g/mol. The predicted octanol–water partition coefficient (Wildman–Crippen LogP) is 3.66. The van der Waals surface area contributed by atoms with Gasteiger partial charge in [-0.3, -0.25) is 9.59 Å². The SMILES string of the molecule is Cc1cc(C#N)cc(C(=O)NC2CC2)c1NC(=O)c1cc(Cn2nnc(C(F)(F)F)n2)nn1-c1ncccc1C(F)(F)F. The third-order valence-electron chi connectivity index (χ3n) is 6.16. The number of nitrogens with zero attached hydrogens (tertiary/aromatic N) is 8. The molecule has 3 aromatic heterocycles. The summed E-state index contributed by atoms with van der Waals surface area (Å²) in [6.45, 7) is 0.914. The number of hydrogen-bond acceptors (Lipinski definition) is 8. The van der Waals surface area contributed by atoms with Gasteiger partial charge in [-0.25, -0.2) is 9.67 Å². The normalized spacial score (nSPS) is 13.4. The fourth-order valence-electron chi connectivity index (χ4n) is 4.05. The van der Waals surface area contributed by atoms with E-state index in [1.54, 1.807) is 0 Å². The highest BCUT2D eigenvalue weighted by Crippen LogP contribution is 2.33. The standard InChI is InChI=1S/C25H18F6N10O2/c1-12-7-13(10-32)8-16(21(42)34-14-4-5-14)19(12)35-22(43)18-9-15(11-40-38-23(36-39-40)25(29,30)31)37-41(18)20-17(24(26,27)28)3-2-6-33-20/h2-3,6-9,14H,4-5,11H2,1H3,(H,34,42)(H,35,43). The minimum Gasteiger partial charge on any atom is -0.349 e. The van der Waals surface area contributed by atoms with E-state index in [1.165, 1.54) is 19.1 Å². The van der Waals surface area contributed by atoms with Gasteiger partial charge in [0.05, 0.1) is 28.6 Å². The van der Waals surface area contributed by atoms with Gasteiger partial charge in [0.25, 0.3) is 17.6 Å². The first-order valence-electron chi connectivity index (χ1n) is 12.4. The number of aryl methyl sites for hydroxylation is 1. The van der Waals surface area contributed by atoms with Crippen molar-refractivity contribution in [2.45, 2.75) is 44.7 Å². The molecule has 5 rings (SSSR count). The summed E-state index contributed by atoms with van der Waals surface area (Å²) in [4.78, 5) is 30.8. The number of benzene rings is 1. The first-order chi connectivity index (χ1) is 20.2. The molecule has 43 heavy (non-hydrogen) atoms. The lowest BCUT2D eigenvalue weighted by Gasteiger charge is -2.16. The van der Waals surface area contributed by atoms with Crippen LogP contribution in [0.4, 0.5) is 32.0 Å². The lowest BCUT2D eigenvalue weighted by atomic mass is 10.0. The molecule has 1 aliphatic rings. The Labute approximate surface area is 237 Å². The number of carbonyl (C=O) groups is 2. The number of halogens is 6. The number of pyridine rings is 1. The van der Waals surface area contributed by atoms with Gasteiger partial charge in [0, 0.05) is 12.2 Å². The van der Waals surface area contributed by atoms with E-state index in [9.17, 15) is 41.2 Å². The summed E-state index contributed by atoms with van der Waals surface area (Å²) in [5.74, 6) is -3.96. The number of alkyl halides is 6. The van der Waals surface area contributed by atoms with Crippen molar-refractivity contribution >= 4 is 17.5 Å². The molecule has 1 fully saturated rings. The molecule has 222 valence electrons. The Morgan fingerprint density at radius 1 is 1.07 bits per heavy atom. The quantitative estimate of drug-likeness (QED) is 0.303. The summed E-state index contributed by atoms with van der Waals surface area (Å²) in [5.41, 5.74) is -1.60. The van der Waals surface area contributed by atoms with Gasteiger partial charge in [-0.15, -0.1) is 10.2 Å². The van der Waals surface area contributed by atoms with E-state index in [4.69, 9.17) is 0 Å². The van der Waals surface area contributed by atoms with Crippen LogP contribution in [0.15, 0.2) is 36.5 Å². The van der Waals surface area contributed by atoms with E-state index >= 15 is 0 Å². The van der Waals surface area contributed by atoms with E-state index in [0.29, 0.717) is 21.1 Å². The lowest BCUT2D eigenvalue weighted by molar-refractivity contribution is -0.145. The Hall–Kier alpha value is -5.34. The van der Waals surface area contributed by atoms with Gasteiger partial charge in [-0.05, 0) is 60.9 Å². The van der Waals surface area contributed by atoms with Crippen molar-refractivity contribution in [1.29, 1.82) is 5.26 Å². The van der Waals surface area contributed by atoms with Crippen molar-refractivity contribution in [2.75, 3.05) is 5.32 Å². The van der Waals surface area contributed by atoms with Gasteiger partial charge in [0.2, 0.25) is 0 Å².